The zero-order valence-corrected chi connectivity index (χ0v) is 11.3. The number of hydrogen-bond donors (Lipinski definition) is 1. The van der Waals surface area contributed by atoms with Crippen molar-refractivity contribution in [3.8, 4) is 6.07 Å². The molecule has 1 rings (SSSR count). The molecule has 1 aromatic rings. The minimum absolute atomic E-state index is 0.0321. The number of carbonyl (C=O) groups excluding carboxylic acids is 2. The number of amides is 1. The fourth-order valence-electron chi connectivity index (χ4n) is 1.52. The quantitative estimate of drug-likeness (QED) is 0.526. The number of carbonyl (C=O) groups is 2. The number of nitrogens with zero attached hydrogens (tertiary/aromatic N) is 1. The summed E-state index contributed by atoms with van der Waals surface area (Å²) in [5, 5.41) is 10.7. The monoisotopic (exact) mass is 318 g/mol. The lowest BCUT2D eigenvalue weighted by atomic mass is 10.1. The standard InChI is InChI=1S/C13H10F4N2O3/c1-2-22-12(21)5-11(20)19-10-4-8(13(15,16)17)9(14)3-7(10)6-18/h3-4H,2,5H2,1H3,(H,19,20). The first-order valence-electron chi connectivity index (χ1n) is 5.95. The van der Waals surface area contributed by atoms with Crippen molar-refractivity contribution in [2.75, 3.05) is 11.9 Å². The molecule has 1 aromatic carbocycles. The van der Waals surface area contributed by atoms with E-state index in [0.29, 0.717) is 12.1 Å². The first kappa shape index (κ1) is 17.4. The SMILES string of the molecule is CCOC(=O)CC(=O)Nc1cc(C(F)(F)F)c(F)cc1C#N. The molecular weight excluding hydrogens is 308 g/mol. The van der Waals surface area contributed by atoms with Crippen LogP contribution in [0.3, 0.4) is 0 Å². The van der Waals surface area contributed by atoms with Gasteiger partial charge in [0.2, 0.25) is 5.91 Å². The lowest BCUT2D eigenvalue weighted by Crippen LogP contribution is -2.19. The number of rotatable bonds is 4. The molecule has 0 radical (unpaired) electrons. The van der Waals surface area contributed by atoms with Crippen molar-refractivity contribution in [3.63, 3.8) is 0 Å². The van der Waals surface area contributed by atoms with Crippen LogP contribution in [-0.4, -0.2) is 18.5 Å². The van der Waals surface area contributed by atoms with Gasteiger partial charge in [-0.15, -0.1) is 0 Å². The van der Waals surface area contributed by atoms with E-state index in [9.17, 15) is 27.2 Å². The molecule has 0 fully saturated rings. The van der Waals surface area contributed by atoms with Gasteiger partial charge in [-0.05, 0) is 19.1 Å². The lowest BCUT2D eigenvalue weighted by molar-refractivity contribution is -0.145. The third-order valence-corrected chi connectivity index (χ3v) is 2.42. The fourth-order valence-corrected chi connectivity index (χ4v) is 1.52. The van der Waals surface area contributed by atoms with Crippen molar-refractivity contribution in [2.24, 2.45) is 0 Å². The molecule has 0 aromatic heterocycles. The summed E-state index contributed by atoms with van der Waals surface area (Å²) in [5.74, 6) is -3.49. The van der Waals surface area contributed by atoms with Gasteiger partial charge in [-0.2, -0.15) is 18.4 Å². The lowest BCUT2D eigenvalue weighted by Gasteiger charge is -2.12. The van der Waals surface area contributed by atoms with E-state index in [1.165, 1.54) is 13.0 Å². The van der Waals surface area contributed by atoms with Gasteiger partial charge in [0.15, 0.2) is 0 Å². The molecular formula is C13H10F4N2O3. The van der Waals surface area contributed by atoms with Crippen molar-refractivity contribution in [2.45, 2.75) is 19.5 Å². The molecule has 0 saturated heterocycles. The Labute approximate surface area is 122 Å². The summed E-state index contributed by atoms with van der Waals surface area (Å²) in [6.45, 7) is 1.55. The molecule has 0 aliphatic rings. The molecule has 1 amide bonds. The van der Waals surface area contributed by atoms with Gasteiger partial charge in [-0.1, -0.05) is 0 Å². The number of benzene rings is 1. The number of hydrogen-bond acceptors (Lipinski definition) is 4. The van der Waals surface area contributed by atoms with Gasteiger partial charge in [0.05, 0.1) is 23.4 Å². The third-order valence-electron chi connectivity index (χ3n) is 2.42. The molecule has 118 valence electrons. The van der Waals surface area contributed by atoms with Crippen LogP contribution in [0.2, 0.25) is 0 Å². The number of esters is 1. The Bertz CT molecular complexity index is 635. The van der Waals surface area contributed by atoms with Crippen molar-refractivity contribution < 1.29 is 31.9 Å². The number of ether oxygens (including phenoxy) is 1. The summed E-state index contributed by atoms with van der Waals surface area (Å²) in [4.78, 5) is 22.6. The largest absolute Gasteiger partial charge is 0.466 e. The molecule has 0 aliphatic carbocycles. The number of nitrogens with one attached hydrogen (secondary N) is 1. The maximum absolute atomic E-state index is 13.3. The van der Waals surface area contributed by atoms with Gasteiger partial charge >= 0.3 is 12.1 Å². The number of halogens is 4. The molecule has 22 heavy (non-hydrogen) atoms. The number of anilines is 1. The first-order chi connectivity index (χ1) is 10.2. The third kappa shape index (κ3) is 4.44. The van der Waals surface area contributed by atoms with E-state index in [1.807, 2.05) is 5.32 Å². The minimum Gasteiger partial charge on any atom is -0.466 e. The van der Waals surface area contributed by atoms with Crippen molar-refractivity contribution in [1.29, 1.82) is 5.26 Å². The normalized spacial score (nSPS) is 10.7. The van der Waals surface area contributed by atoms with E-state index in [1.54, 1.807) is 0 Å². The van der Waals surface area contributed by atoms with Gasteiger partial charge < -0.3 is 10.1 Å². The van der Waals surface area contributed by atoms with Gasteiger partial charge in [-0.25, -0.2) is 4.39 Å². The van der Waals surface area contributed by atoms with Crippen LogP contribution in [0.15, 0.2) is 12.1 Å². The van der Waals surface area contributed by atoms with Crippen LogP contribution >= 0.6 is 0 Å². The van der Waals surface area contributed by atoms with E-state index >= 15 is 0 Å². The molecule has 0 spiro atoms. The topological polar surface area (TPSA) is 79.2 Å². The van der Waals surface area contributed by atoms with Crippen LogP contribution < -0.4 is 5.32 Å². The Balaban J connectivity index is 3.06. The van der Waals surface area contributed by atoms with E-state index in [4.69, 9.17) is 5.26 Å². The highest BCUT2D eigenvalue weighted by atomic mass is 19.4. The van der Waals surface area contributed by atoms with Gasteiger partial charge in [0.25, 0.3) is 0 Å². The zero-order valence-electron chi connectivity index (χ0n) is 11.3. The molecule has 0 atom stereocenters. The fraction of sp³-hybridized carbons (Fsp3) is 0.308. The highest BCUT2D eigenvalue weighted by Crippen LogP contribution is 2.34. The Morgan fingerprint density at radius 3 is 2.50 bits per heavy atom. The second kappa shape index (κ2) is 6.89. The summed E-state index contributed by atoms with van der Waals surface area (Å²) in [7, 11) is 0. The van der Waals surface area contributed by atoms with E-state index in [-0.39, 0.29) is 6.61 Å². The Morgan fingerprint density at radius 2 is 2.00 bits per heavy atom. The van der Waals surface area contributed by atoms with Crippen LogP contribution in [0.1, 0.15) is 24.5 Å². The molecule has 0 aliphatic heterocycles. The van der Waals surface area contributed by atoms with E-state index in [0.717, 1.165) is 0 Å². The molecule has 0 heterocycles. The molecule has 5 nitrogen and oxygen atoms in total. The predicted molar refractivity (Wildman–Crippen MR) is 66.0 cm³/mol. The first-order valence-corrected chi connectivity index (χ1v) is 5.95. The minimum atomic E-state index is -4.99. The van der Waals surface area contributed by atoms with E-state index < -0.39 is 47.1 Å². The van der Waals surface area contributed by atoms with Crippen molar-refractivity contribution in [3.05, 3.63) is 29.1 Å². The molecule has 9 heteroatoms. The van der Waals surface area contributed by atoms with Gasteiger partial charge in [0.1, 0.15) is 18.3 Å². The summed E-state index contributed by atoms with van der Waals surface area (Å²) in [6, 6.07) is 2.13. The van der Waals surface area contributed by atoms with Crippen LogP contribution in [0, 0.1) is 17.1 Å². The zero-order chi connectivity index (χ0) is 16.9. The molecule has 0 saturated carbocycles. The summed E-state index contributed by atoms with van der Waals surface area (Å²) in [5.41, 5.74) is -2.66. The highest BCUT2D eigenvalue weighted by molar-refractivity contribution is 6.02. The van der Waals surface area contributed by atoms with Crippen LogP contribution in [0.4, 0.5) is 23.2 Å². The Hall–Kier alpha value is -2.63. The van der Waals surface area contributed by atoms with Crippen LogP contribution in [0.5, 0.6) is 0 Å². The number of alkyl halides is 3. The molecule has 1 N–H and O–H groups in total. The summed E-state index contributed by atoms with van der Waals surface area (Å²) in [6.07, 6.45) is -5.73. The molecule has 0 bridgehead atoms. The Morgan fingerprint density at radius 1 is 1.36 bits per heavy atom. The smallest absolute Gasteiger partial charge is 0.419 e. The Kier molecular flexibility index (Phi) is 5.45. The highest BCUT2D eigenvalue weighted by Gasteiger charge is 2.35. The average molecular weight is 318 g/mol. The van der Waals surface area contributed by atoms with Crippen LogP contribution in [0.25, 0.3) is 0 Å². The summed E-state index contributed by atoms with van der Waals surface area (Å²) < 4.78 is 55.6. The predicted octanol–water partition coefficient (Wildman–Crippen LogP) is 2.61. The average Bonchev–Trinajstić information content (AvgIpc) is 2.39. The summed E-state index contributed by atoms with van der Waals surface area (Å²) >= 11 is 0. The second-order valence-corrected chi connectivity index (χ2v) is 4.02. The van der Waals surface area contributed by atoms with Crippen molar-refractivity contribution >= 4 is 17.6 Å². The maximum Gasteiger partial charge on any atom is 0.419 e. The number of nitriles is 1. The maximum atomic E-state index is 13.3. The van der Waals surface area contributed by atoms with Gasteiger partial charge in [0, 0.05) is 0 Å². The van der Waals surface area contributed by atoms with E-state index in [2.05, 4.69) is 4.74 Å². The van der Waals surface area contributed by atoms with Gasteiger partial charge in [-0.3, -0.25) is 9.59 Å². The second-order valence-electron chi connectivity index (χ2n) is 4.02. The molecule has 0 unspecified atom stereocenters. The van der Waals surface area contributed by atoms with Crippen LogP contribution in [-0.2, 0) is 20.5 Å². The van der Waals surface area contributed by atoms with Crippen molar-refractivity contribution in [1.82, 2.24) is 0 Å².